The van der Waals surface area contributed by atoms with Crippen LogP contribution < -0.4 is 0 Å². The molecule has 0 N–H and O–H groups in total. The lowest BCUT2D eigenvalue weighted by Gasteiger charge is -2.17. The number of hydrogen-bond acceptors (Lipinski definition) is 0. The van der Waals surface area contributed by atoms with Crippen molar-refractivity contribution < 1.29 is 0 Å². The molecule has 0 aromatic heterocycles. The van der Waals surface area contributed by atoms with Crippen LogP contribution in [0.5, 0.6) is 0 Å². The van der Waals surface area contributed by atoms with Crippen LogP contribution in [-0.4, -0.2) is 0 Å². The summed E-state index contributed by atoms with van der Waals surface area (Å²) in [5, 5.41) is 0. The predicted molar refractivity (Wildman–Crippen MR) is 53.1 cm³/mol. The molecule has 0 fully saturated rings. The zero-order chi connectivity index (χ0) is 9.45. The molecular weight excluding hydrogens is 144 g/mol. The lowest BCUT2D eigenvalue weighted by Crippen LogP contribution is -2.10. The van der Waals surface area contributed by atoms with E-state index in [9.17, 15) is 0 Å². The molecule has 62 valence electrons. The minimum atomic E-state index is 0.0125. The first-order valence-electron chi connectivity index (χ1n) is 4.06. The van der Waals surface area contributed by atoms with Crippen LogP contribution in [0.2, 0.25) is 0 Å². The van der Waals surface area contributed by atoms with Gasteiger partial charge in [0, 0.05) is 11.8 Å². The first-order valence-corrected chi connectivity index (χ1v) is 4.06. The Kier molecular flexibility index (Phi) is 4.76. The van der Waals surface area contributed by atoms with Gasteiger partial charge in [0.1, 0.15) is 0 Å². The van der Waals surface area contributed by atoms with Gasteiger partial charge in [0.2, 0.25) is 0 Å². The molecule has 0 aliphatic rings. The van der Waals surface area contributed by atoms with Crippen LogP contribution in [-0.2, 0) is 0 Å². The Hall–Kier alpha value is -1.32. The second kappa shape index (κ2) is 5.35. The molecule has 0 bridgehead atoms. The van der Waals surface area contributed by atoms with Gasteiger partial charge in [-0.15, -0.1) is 12.3 Å². The van der Waals surface area contributed by atoms with Gasteiger partial charge in [-0.1, -0.05) is 18.8 Å². The molecule has 0 heteroatoms. The van der Waals surface area contributed by atoms with Gasteiger partial charge in [-0.25, -0.2) is 0 Å². The molecule has 12 heavy (non-hydrogen) atoms. The van der Waals surface area contributed by atoms with Crippen molar-refractivity contribution in [3.63, 3.8) is 0 Å². The van der Waals surface area contributed by atoms with Crippen molar-refractivity contribution in [2.75, 3.05) is 0 Å². The first-order chi connectivity index (χ1) is 5.68. The van der Waals surface area contributed by atoms with E-state index >= 15 is 0 Å². The fourth-order valence-electron chi connectivity index (χ4n) is 0.850. The summed E-state index contributed by atoms with van der Waals surface area (Å²) < 4.78 is 0. The Morgan fingerprint density at radius 2 is 2.08 bits per heavy atom. The molecule has 0 saturated heterocycles. The van der Waals surface area contributed by atoms with Crippen LogP contribution in [0, 0.1) is 41.4 Å². The largest absolute Gasteiger partial charge is 0.106 e. The molecule has 0 aliphatic heterocycles. The van der Waals surface area contributed by atoms with Gasteiger partial charge in [-0.3, -0.25) is 0 Å². The standard InChI is InChI=1S/C12H14/c1-5-8-9-11-12(4,7-3)10-6-2/h1H,7,11H2,2-4H3. The molecule has 0 saturated carbocycles. The van der Waals surface area contributed by atoms with E-state index in [1.807, 2.05) is 6.92 Å². The average Bonchev–Trinajstić information content (AvgIpc) is 2.06. The van der Waals surface area contributed by atoms with Crippen LogP contribution in [0.4, 0.5) is 0 Å². The lowest BCUT2D eigenvalue weighted by molar-refractivity contribution is 0.445. The summed E-state index contributed by atoms with van der Waals surface area (Å²) in [6, 6.07) is 0. The molecule has 1 unspecified atom stereocenters. The van der Waals surface area contributed by atoms with Gasteiger partial charge in [0.25, 0.3) is 0 Å². The maximum atomic E-state index is 5.01. The van der Waals surface area contributed by atoms with E-state index in [-0.39, 0.29) is 5.41 Å². The van der Waals surface area contributed by atoms with Crippen LogP contribution in [0.25, 0.3) is 0 Å². The van der Waals surface area contributed by atoms with Gasteiger partial charge >= 0.3 is 0 Å². The summed E-state index contributed by atoms with van der Waals surface area (Å²) in [7, 11) is 0. The van der Waals surface area contributed by atoms with Gasteiger partial charge in [-0.2, -0.15) is 0 Å². The second-order valence-electron chi connectivity index (χ2n) is 2.91. The van der Waals surface area contributed by atoms with Crippen LogP contribution in [0.15, 0.2) is 0 Å². The molecule has 0 rings (SSSR count). The maximum Gasteiger partial charge on any atom is 0.0393 e. The quantitative estimate of drug-likeness (QED) is 0.541. The Bertz CT molecular complexity index is 282. The van der Waals surface area contributed by atoms with Crippen LogP contribution in [0.3, 0.4) is 0 Å². The highest BCUT2D eigenvalue weighted by molar-refractivity contribution is 5.24. The van der Waals surface area contributed by atoms with Crippen LogP contribution >= 0.6 is 0 Å². The monoisotopic (exact) mass is 158 g/mol. The molecule has 1 atom stereocenters. The Morgan fingerprint density at radius 1 is 1.42 bits per heavy atom. The van der Waals surface area contributed by atoms with Gasteiger partial charge in [-0.05, 0) is 32.1 Å². The zero-order valence-corrected chi connectivity index (χ0v) is 7.99. The topological polar surface area (TPSA) is 0 Å². The first kappa shape index (κ1) is 10.7. The van der Waals surface area contributed by atoms with Crippen molar-refractivity contribution >= 4 is 0 Å². The number of rotatable bonds is 2. The van der Waals surface area contributed by atoms with E-state index in [0.717, 1.165) is 12.8 Å². The third-order valence-electron chi connectivity index (χ3n) is 1.85. The fraction of sp³-hybridized carbons (Fsp3) is 0.500. The zero-order valence-electron chi connectivity index (χ0n) is 7.99. The van der Waals surface area contributed by atoms with Crippen molar-refractivity contribution in [3.8, 4) is 36.0 Å². The highest BCUT2D eigenvalue weighted by Gasteiger charge is 2.16. The van der Waals surface area contributed by atoms with Crippen molar-refractivity contribution in [2.45, 2.75) is 33.6 Å². The Morgan fingerprint density at radius 3 is 2.50 bits per heavy atom. The van der Waals surface area contributed by atoms with Crippen molar-refractivity contribution in [2.24, 2.45) is 5.41 Å². The summed E-state index contributed by atoms with van der Waals surface area (Å²) >= 11 is 0. The summed E-state index contributed by atoms with van der Waals surface area (Å²) in [5.74, 6) is 13.9. The van der Waals surface area contributed by atoms with E-state index in [1.54, 1.807) is 0 Å². The molecule has 0 heterocycles. The summed E-state index contributed by atoms with van der Waals surface area (Å²) in [5.41, 5.74) is 0.0125. The summed E-state index contributed by atoms with van der Waals surface area (Å²) in [6.45, 7) is 6.07. The number of hydrogen-bond donors (Lipinski definition) is 0. The molecule has 0 spiro atoms. The maximum absolute atomic E-state index is 5.01. The third kappa shape index (κ3) is 3.75. The summed E-state index contributed by atoms with van der Waals surface area (Å²) in [4.78, 5) is 0. The number of terminal acetylenes is 1. The van der Waals surface area contributed by atoms with Crippen molar-refractivity contribution in [1.82, 2.24) is 0 Å². The Balaban J connectivity index is 4.33. The second-order valence-corrected chi connectivity index (χ2v) is 2.91. The van der Waals surface area contributed by atoms with E-state index < -0.39 is 0 Å². The van der Waals surface area contributed by atoms with E-state index in [0.29, 0.717) is 0 Å². The fourth-order valence-corrected chi connectivity index (χ4v) is 0.850. The third-order valence-corrected chi connectivity index (χ3v) is 1.85. The SMILES string of the molecule is C#CC#CCC(C)(C#CC)CC. The lowest BCUT2D eigenvalue weighted by atomic mass is 9.85. The molecule has 0 aromatic rings. The molecule has 0 aliphatic carbocycles. The average molecular weight is 158 g/mol. The molecule has 0 nitrogen and oxygen atoms in total. The van der Waals surface area contributed by atoms with E-state index in [1.165, 1.54) is 0 Å². The van der Waals surface area contributed by atoms with Gasteiger partial charge in [0.05, 0.1) is 0 Å². The van der Waals surface area contributed by atoms with E-state index in [2.05, 4.69) is 43.4 Å². The smallest absolute Gasteiger partial charge is 0.0393 e. The molecular formula is C12H14. The minimum absolute atomic E-state index is 0.0125. The highest BCUT2D eigenvalue weighted by Crippen LogP contribution is 2.23. The van der Waals surface area contributed by atoms with Gasteiger partial charge in [0.15, 0.2) is 0 Å². The van der Waals surface area contributed by atoms with Crippen LogP contribution in [0.1, 0.15) is 33.6 Å². The molecule has 0 amide bonds. The molecule has 0 aromatic carbocycles. The van der Waals surface area contributed by atoms with Gasteiger partial charge < -0.3 is 0 Å². The van der Waals surface area contributed by atoms with E-state index in [4.69, 9.17) is 6.42 Å². The van der Waals surface area contributed by atoms with Crippen molar-refractivity contribution in [3.05, 3.63) is 0 Å². The highest BCUT2D eigenvalue weighted by atomic mass is 14.2. The minimum Gasteiger partial charge on any atom is -0.106 e. The summed E-state index contributed by atoms with van der Waals surface area (Å²) in [6.07, 6.45) is 6.78. The predicted octanol–water partition coefficient (Wildman–Crippen LogP) is 2.45. The van der Waals surface area contributed by atoms with Crippen molar-refractivity contribution in [1.29, 1.82) is 0 Å². The normalized spacial score (nSPS) is 12.5. The molecule has 0 radical (unpaired) electrons. The Labute approximate surface area is 75.8 Å².